The summed E-state index contributed by atoms with van der Waals surface area (Å²) in [4.78, 5) is 0.209. The summed E-state index contributed by atoms with van der Waals surface area (Å²) in [6.07, 6.45) is 0.568. The van der Waals surface area contributed by atoms with E-state index in [4.69, 9.17) is 22.7 Å². The van der Waals surface area contributed by atoms with Gasteiger partial charge in [0.15, 0.2) is 0 Å². The summed E-state index contributed by atoms with van der Waals surface area (Å²) in [6, 6.07) is 6.79. The van der Waals surface area contributed by atoms with Crippen LogP contribution in [0.4, 0.5) is 5.69 Å². The number of hydrogen-bond acceptors (Lipinski definition) is 4. The van der Waals surface area contributed by atoms with Crippen molar-refractivity contribution in [1.29, 1.82) is 0 Å². The van der Waals surface area contributed by atoms with Gasteiger partial charge in [0.2, 0.25) is 10.0 Å². The smallest absolute Gasteiger partial charge is 0.232 e. The molecule has 118 valence electrons. The van der Waals surface area contributed by atoms with Gasteiger partial charge in [-0.15, -0.1) is 0 Å². The highest BCUT2D eigenvalue weighted by Gasteiger charge is 2.18. The Morgan fingerprint density at radius 1 is 1.33 bits per heavy atom. The van der Waals surface area contributed by atoms with Gasteiger partial charge in [0, 0.05) is 0 Å². The van der Waals surface area contributed by atoms with Crippen LogP contribution in [-0.2, 0) is 10.0 Å². The molecule has 1 aromatic rings. The summed E-state index contributed by atoms with van der Waals surface area (Å²) in [5.74, 6) is 0.463. The van der Waals surface area contributed by atoms with E-state index in [0.29, 0.717) is 17.9 Å². The van der Waals surface area contributed by atoms with Crippen LogP contribution in [-0.4, -0.2) is 25.8 Å². The quantitative estimate of drug-likeness (QED) is 0.751. The van der Waals surface area contributed by atoms with Crippen LogP contribution in [0.25, 0.3) is 0 Å². The molecule has 0 aliphatic carbocycles. The van der Waals surface area contributed by atoms with E-state index in [9.17, 15) is 8.42 Å². The van der Waals surface area contributed by atoms with Gasteiger partial charge in [0.05, 0.1) is 11.4 Å². The second kappa shape index (κ2) is 7.09. The van der Waals surface area contributed by atoms with Crippen LogP contribution in [0, 0.1) is 5.41 Å². The van der Waals surface area contributed by atoms with Crippen LogP contribution in [0.5, 0.6) is 5.75 Å². The fourth-order valence-electron chi connectivity index (χ4n) is 1.48. The molecule has 0 fully saturated rings. The average molecular weight is 330 g/mol. The Kier molecular flexibility index (Phi) is 5.98. The van der Waals surface area contributed by atoms with Crippen molar-refractivity contribution < 1.29 is 13.2 Å². The Morgan fingerprint density at radius 3 is 2.52 bits per heavy atom. The summed E-state index contributed by atoms with van der Waals surface area (Å²) >= 11 is 4.74. The maximum Gasteiger partial charge on any atom is 0.232 e. The number of hydrogen-bond donors (Lipinski definition) is 2. The fraction of sp³-hybridized carbons (Fsp3) is 0.500. The van der Waals surface area contributed by atoms with E-state index in [-0.39, 0.29) is 22.8 Å². The fourth-order valence-corrected chi connectivity index (χ4v) is 3.03. The molecule has 21 heavy (non-hydrogen) atoms. The van der Waals surface area contributed by atoms with Crippen molar-refractivity contribution in [2.45, 2.75) is 27.2 Å². The zero-order chi connectivity index (χ0) is 16.1. The lowest BCUT2D eigenvalue weighted by Gasteiger charge is -2.19. The molecule has 0 heterocycles. The van der Waals surface area contributed by atoms with Gasteiger partial charge in [-0.3, -0.25) is 4.72 Å². The molecule has 1 rings (SSSR count). The first-order chi connectivity index (χ1) is 9.59. The third-order valence-electron chi connectivity index (χ3n) is 2.64. The van der Waals surface area contributed by atoms with Crippen molar-refractivity contribution >= 4 is 32.9 Å². The maximum absolute atomic E-state index is 12.1. The molecule has 5 nitrogen and oxygen atoms in total. The molecule has 0 radical (unpaired) electrons. The molecule has 0 aliphatic rings. The number of thiocarbonyl (C=S) groups is 1. The third-order valence-corrected chi connectivity index (χ3v) is 4.03. The molecule has 0 aromatic heterocycles. The Bertz CT molecular complexity index is 592. The Hall–Kier alpha value is -1.34. The summed E-state index contributed by atoms with van der Waals surface area (Å²) in [6.45, 7) is 6.07. The molecule has 0 unspecified atom stereocenters. The lowest BCUT2D eigenvalue weighted by Crippen LogP contribution is -2.22. The van der Waals surface area contributed by atoms with E-state index in [1.807, 2.05) is 20.8 Å². The number of rotatable bonds is 7. The minimum Gasteiger partial charge on any atom is -0.484 e. The van der Waals surface area contributed by atoms with Crippen molar-refractivity contribution in [2.75, 3.05) is 17.1 Å². The van der Waals surface area contributed by atoms with E-state index in [0.717, 1.165) is 0 Å². The summed E-state index contributed by atoms with van der Waals surface area (Å²) in [5.41, 5.74) is 5.73. The van der Waals surface area contributed by atoms with Gasteiger partial charge < -0.3 is 10.5 Å². The van der Waals surface area contributed by atoms with Crippen LogP contribution in [0.15, 0.2) is 24.3 Å². The topological polar surface area (TPSA) is 81.4 Å². The molecular formula is C14H22N2O3S2. The van der Waals surface area contributed by atoms with Gasteiger partial charge in [0.1, 0.15) is 17.3 Å². The van der Waals surface area contributed by atoms with Crippen molar-refractivity contribution in [1.82, 2.24) is 0 Å². The zero-order valence-corrected chi connectivity index (χ0v) is 14.2. The van der Waals surface area contributed by atoms with Crippen molar-refractivity contribution in [3.8, 4) is 5.75 Å². The van der Waals surface area contributed by atoms with E-state index in [1.165, 1.54) is 0 Å². The maximum atomic E-state index is 12.1. The SMILES string of the molecule is CC(C)(C)CCS(=O)(=O)Nc1ccccc1OCC(N)=S. The number of benzene rings is 1. The highest BCUT2D eigenvalue weighted by atomic mass is 32.2. The highest BCUT2D eigenvalue weighted by Crippen LogP contribution is 2.26. The standard InChI is InChI=1S/C14H22N2O3S2/c1-14(2,3)8-9-21(17,18)16-11-6-4-5-7-12(11)19-10-13(15)20/h4-7,16H,8-10H2,1-3H3,(H2,15,20). The Labute approximate surface area is 131 Å². The van der Waals surface area contributed by atoms with Crippen molar-refractivity contribution in [3.05, 3.63) is 24.3 Å². The molecule has 0 saturated carbocycles. The molecule has 0 spiro atoms. The highest BCUT2D eigenvalue weighted by molar-refractivity contribution is 7.92. The lowest BCUT2D eigenvalue weighted by molar-refractivity contribution is 0.379. The van der Waals surface area contributed by atoms with E-state index in [2.05, 4.69) is 4.72 Å². The van der Waals surface area contributed by atoms with Gasteiger partial charge in [-0.1, -0.05) is 45.1 Å². The lowest BCUT2D eigenvalue weighted by atomic mass is 9.94. The summed E-state index contributed by atoms with van der Waals surface area (Å²) < 4.78 is 32.2. The van der Waals surface area contributed by atoms with Crippen LogP contribution < -0.4 is 15.2 Å². The molecule has 0 bridgehead atoms. The first kappa shape index (κ1) is 17.7. The zero-order valence-electron chi connectivity index (χ0n) is 12.5. The normalized spacial score (nSPS) is 12.0. The van der Waals surface area contributed by atoms with Crippen LogP contribution in [0.3, 0.4) is 0 Å². The minimum absolute atomic E-state index is 0.0451. The Balaban J connectivity index is 2.79. The Morgan fingerprint density at radius 2 is 1.95 bits per heavy atom. The second-order valence-corrected chi connectivity index (χ2v) is 8.35. The van der Waals surface area contributed by atoms with E-state index < -0.39 is 10.0 Å². The molecule has 0 atom stereocenters. The van der Waals surface area contributed by atoms with Crippen LogP contribution in [0.1, 0.15) is 27.2 Å². The molecule has 7 heteroatoms. The molecular weight excluding hydrogens is 308 g/mol. The van der Waals surface area contributed by atoms with Gasteiger partial charge in [-0.25, -0.2) is 8.42 Å². The van der Waals surface area contributed by atoms with E-state index >= 15 is 0 Å². The third kappa shape index (κ3) is 7.29. The largest absolute Gasteiger partial charge is 0.484 e. The van der Waals surface area contributed by atoms with Gasteiger partial charge in [-0.2, -0.15) is 0 Å². The van der Waals surface area contributed by atoms with Gasteiger partial charge in [-0.05, 0) is 24.0 Å². The van der Waals surface area contributed by atoms with E-state index in [1.54, 1.807) is 24.3 Å². The summed E-state index contributed by atoms with van der Waals surface area (Å²) in [5, 5.41) is 0. The number of sulfonamides is 1. The predicted octanol–water partition coefficient (Wildman–Crippen LogP) is 2.53. The molecule has 1 aromatic carbocycles. The van der Waals surface area contributed by atoms with Gasteiger partial charge >= 0.3 is 0 Å². The predicted molar refractivity (Wildman–Crippen MR) is 90.2 cm³/mol. The first-order valence-electron chi connectivity index (χ1n) is 6.60. The first-order valence-corrected chi connectivity index (χ1v) is 8.66. The number of nitrogens with one attached hydrogen (secondary N) is 1. The minimum atomic E-state index is -3.42. The average Bonchev–Trinajstić information content (AvgIpc) is 2.34. The number of ether oxygens (including phenoxy) is 1. The number of anilines is 1. The molecule has 0 saturated heterocycles. The van der Waals surface area contributed by atoms with Gasteiger partial charge in [0.25, 0.3) is 0 Å². The van der Waals surface area contributed by atoms with Crippen molar-refractivity contribution in [2.24, 2.45) is 11.1 Å². The second-order valence-electron chi connectivity index (χ2n) is 5.98. The molecule has 0 aliphatic heterocycles. The number of para-hydroxylation sites is 2. The van der Waals surface area contributed by atoms with Crippen LogP contribution in [0.2, 0.25) is 0 Å². The summed E-state index contributed by atoms with van der Waals surface area (Å²) in [7, 11) is -3.42. The van der Waals surface area contributed by atoms with Crippen LogP contribution >= 0.6 is 12.2 Å². The molecule has 3 N–H and O–H groups in total. The number of nitrogens with two attached hydrogens (primary N) is 1. The van der Waals surface area contributed by atoms with Crippen molar-refractivity contribution in [3.63, 3.8) is 0 Å². The monoisotopic (exact) mass is 330 g/mol. The molecule has 0 amide bonds.